The Morgan fingerprint density at radius 3 is 2.61 bits per heavy atom. The van der Waals surface area contributed by atoms with E-state index in [1.807, 2.05) is 24.3 Å². The van der Waals surface area contributed by atoms with Crippen LogP contribution in [0.15, 0.2) is 24.3 Å². The van der Waals surface area contributed by atoms with Crippen molar-refractivity contribution in [3.8, 4) is 0 Å². The van der Waals surface area contributed by atoms with E-state index in [1.165, 1.54) is 4.31 Å². The van der Waals surface area contributed by atoms with Crippen LogP contribution in [0.25, 0.3) is 0 Å². The summed E-state index contributed by atoms with van der Waals surface area (Å²) in [6.07, 6.45) is 2.54. The van der Waals surface area contributed by atoms with E-state index in [2.05, 4.69) is 10.6 Å². The molecule has 1 atom stereocenters. The molecule has 3 rings (SSSR count). The number of benzene rings is 1. The minimum Gasteiger partial charge on any atom is -0.379 e. The molecule has 0 bridgehead atoms. The summed E-state index contributed by atoms with van der Waals surface area (Å²) in [5.41, 5.74) is 1.59. The number of sulfonamides is 1. The highest BCUT2D eigenvalue weighted by Gasteiger charge is 2.25. The van der Waals surface area contributed by atoms with E-state index in [-0.39, 0.29) is 24.1 Å². The molecule has 7 nitrogen and oxygen atoms in total. The average Bonchev–Trinajstić information content (AvgIpc) is 3.20. The Hall–Kier alpha value is -1.19. The van der Waals surface area contributed by atoms with Crippen LogP contribution in [0.5, 0.6) is 0 Å². The Bertz CT molecular complexity index is 732. The predicted octanol–water partition coefficient (Wildman–Crippen LogP) is 1.28. The first-order chi connectivity index (χ1) is 13.0. The van der Waals surface area contributed by atoms with Gasteiger partial charge in [-0.05, 0) is 43.0 Å². The van der Waals surface area contributed by atoms with Gasteiger partial charge in [-0.2, -0.15) is 4.31 Å². The lowest BCUT2D eigenvalue weighted by Gasteiger charge is -2.26. The van der Waals surface area contributed by atoms with Crippen LogP contribution in [-0.2, 0) is 31.9 Å². The van der Waals surface area contributed by atoms with Gasteiger partial charge in [0.1, 0.15) is 0 Å². The highest BCUT2D eigenvalue weighted by molar-refractivity contribution is 7.88. The Balaban J connectivity index is 0.00000280. The van der Waals surface area contributed by atoms with Crippen LogP contribution in [0.1, 0.15) is 30.4 Å². The first-order valence-electron chi connectivity index (χ1n) is 9.64. The van der Waals surface area contributed by atoms with Crippen molar-refractivity contribution in [2.75, 3.05) is 39.4 Å². The zero-order valence-corrected chi connectivity index (χ0v) is 17.7. The van der Waals surface area contributed by atoms with Gasteiger partial charge in [-0.15, -0.1) is 12.4 Å². The third-order valence-electron chi connectivity index (χ3n) is 5.24. The molecule has 0 saturated carbocycles. The first kappa shape index (κ1) is 23.1. The zero-order valence-electron chi connectivity index (χ0n) is 16.1. The molecular formula is C19H30ClN3O4S. The van der Waals surface area contributed by atoms with Gasteiger partial charge in [-0.1, -0.05) is 24.3 Å². The number of morpholine rings is 1. The van der Waals surface area contributed by atoms with E-state index >= 15 is 0 Å². The van der Waals surface area contributed by atoms with E-state index in [0.29, 0.717) is 45.2 Å². The van der Waals surface area contributed by atoms with Gasteiger partial charge in [-0.25, -0.2) is 8.42 Å². The van der Waals surface area contributed by atoms with Gasteiger partial charge in [-0.3, -0.25) is 4.79 Å². The number of carbonyl (C=O) groups excluding carboxylic acids is 1. The Kier molecular flexibility index (Phi) is 9.17. The molecule has 1 aromatic carbocycles. The minimum atomic E-state index is -3.39. The maximum Gasteiger partial charge on any atom is 0.220 e. The second kappa shape index (κ2) is 11.1. The molecule has 2 saturated heterocycles. The molecule has 0 aliphatic carbocycles. The number of ether oxygens (including phenoxy) is 1. The summed E-state index contributed by atoms with van der Waals surface area (Å²) >= 11 is 0. The van der Waals surface area contributed by atoms with E-state index in [9.17, 15) is 13.2 Å². The highest BCUT2D eigenvalue weighted by atomic mass is 35.5. The summed E-state index contributed by atoms with van der Waals surface area (Å²) in [5.74, 6) is 0.557. The van der Waals surface area contributed by atoms with Gasteiger partial charge in [0.05, 0.1) is 19.0 Å². The fraction of sp³-hybridized carbons (Fsp3) is 0.632. The standard InChI is InChI=1S/C19H29N3O4S.ClH/c23-19(6-5-16-7-8-20-13-16)21-14-17-3-1-2-4-18(17)15-27(24,25)22-9-11-26-12-10-22;/h1-4,16,20H,5-15H2,(H,21,23);1H. The summed E-state index contributed by atoms with van der Waals surface area (Å²) < 4.78 is 32.1. The lowest BCUT2D eigenvalue weighted by Crippen LogP contribution is -2.41. The maximum atomic E-state index is 12.7. The molecule has 158 valence electrons. The van der Waals surface area contributed by atoms with Gasteiger partial charge < -0.3 is 15.4 Å². The zero-order chi connectivity index (χ0) is 19.1. The molecule has 1 amide bonds. The maximum absolute atomic E-state index is 12.7. The fourth-order valence-electron chi connectivity index (χ4n) is 3.56. The lowest BCUT2D eigenvalue weighted by atomic mass is 10.0. The smallest absolute Gasteiger partial charge is 0.220 e. The summed E-state index contributed by atoms with van der Waals surface area (Å²) in [5, 5.41) is 6.25. The molecule has 28 heavy (non-hydrogen) atoms. The van der Waals surface area contributed by atoms with Crippen LogP contribution >= 0.6 is 12.4 Å². The van der Waals surface area contributed by atoms with Crippen LogP contribution in [0, 0.1) is 5.92 Å². The number of hydrogen-bond donors (Lipinski definition) is 2. The topological polar surface area (TPSA) is 87.7 Å². The van der Waals surface area contributed by atoms with E-state index in [4.69, 9.17) is 4.74 Å². The van der Waals surface area contributed by atoms with Crippen molar-refractivity contribution >= 4 is 28.3 Å². The van der Waals surface area contributed by atoms with E-state index in [1.54, 1.807) is 0 Å². The number of rotatable bonds is 8. The van der Waals surface area contributed by atoms with Crippen LogP contribution in [-0.4, -0.2) is 58.0 Å². The van der Waals surface area contributed by atoms with Gasteiger partial charge in [0.15, 0.2) is 0 Å². The highest BCUT2D eigenvalue weighted by Crippen LogP contribution is 2.17. The van der Waals surface area contributed by atoms with Crippen molar-refractivity contribution in [3.63, 3.8) is 0 Å². The average molecular weight is 432 g/mol. The number of amides is 1. The number of nitrogens with one attached hydrogen (secondary N) is 2. The quantitative estimate of drug-likeness (QED) is 0.647. The van der Waals surface area contributed by atoms with Crippen molar-refractivity contribution in [1.29, 1.82) is 0 Å². The van der Waals surface area contributed by atoms with E-state index in [0.717, 1.165) is 37.1 Å². The van der Waals surface area contributed by atoms with Gasteiger partial charge in [0.2, 0.25) is 15.9 Å². The molecule has 0 spiro atoms. The van der Waals surface area contributed by atoms with Crippen LogP contribution in [0.2, 0.25) is 0 Å². The SMILES string of the molecule is Cl.O=C(CCC1CCNC1)NCc1ccccc1CS(=O)(=O)N1CCOCC1. The van der Waals surface area contributed by atoms with Crippen molar-refractivity contribution < 1.29 is 17.9 Å². The monoisotopic (exact) mass is 431 g/mol. The molecule has 2 aliphatic heterocycles. The van der Waals surface area contributed by atoms with Crippen LogP contribution < -0.4 is 10.6 Å². The first-order valence-corrected chi connectivity index (χ1v) is 11.3. The minimum absolute atomic E-state index is 0. The molecule has 0 radical (unpaired) electrons. The number of hydrogen-bond acceptors (Lipinski definition) is 5. The van der Waals surface area contributed by atoms with Crippen molar-refractivity contribution in [2.45, 2.75) is 31.6 Å². The Labute approximate surface area is 173 Å². The third-order valence-corrected chi connectivity index (χ3v) is 7.07. The molecule has 2 N–H and O–H groups in total. The Morgan fingerprint density at radius 1 is 1.21 bits per heavy atom. The molecule has 0 aromatic heterocycles. The van der Waals surface area contributed by atoms with Crippen molar-refractivity contribution in [2.24, 2.45) is 5.92 Å². The third kappa shape index (κ3) is 6.70. The normalized spacial score (nSPS) is 20.5. The number of nitrogens with zero attached hydrogens (tertiary/aromatic N) is 1. The molecular weight excluding hydrogens is 402 g/mol. The lowest BCUT2D eigenvalue weighted by molar-refractivity contribution is -0.121. The molecule has 1 unspecified atom stereocenters. The predicted molar refractivity (Wildman–Crippen MR) is 111 cm³/mol. The van der Waals surface area contributed by atoms with Crippen LogP contribution in [0.4, 0.5) is 0 Å². The largest absolute Gasteiger partial charge is 0.379 e. The van der Waals surface area contributed by atoms with Crippen molar-refractivity contribution in [3.05, 3.63) is 35.4 Å². The molecule has 9 heteroatoms. The summed E-state index contributed by atoms with van der Waals surface area (Å²) in [7, 11) is -3.39. The van der Waals surface area contributed by atoms with E-state index < -0.39 is 10.0 Å². The fourth-order valence-corrected chi connectivity index (χ4v) is 5.12. The molecule has 2 heterocycles. The van der Waals surface area contributed by atoms with Gasteiger partial charge in [0, 0.05) is 26.1 Å². The summed E-state index contributed by atoms with van der Waals surface area (Å²) in [6, 6.07) is 7.41. The molecule has 2 fully saturated rings. The van der Waals surface area contributed by atoms with Gasteiger partial charge in [0.25, 0.3) is 0 Å². The van der Waals surface area contributed by atoms with Gasteiger partial charge >= 0.3 is 0 Å². The number of carbonyl (C=O) groups is 1. The van der Waals surface area contributed by atoms with Crippen LogP contribution in [0.3, 0.4) is 0 Å². The molecule has 1 aromatic rings. The molecule has 2 aliphatic rings. The second-order valence-electron chi connectivity index (χ2n) is 7.21. The second-order valence-corrected chi connectivity index (χ2v) is 9.18. The Morgan fingerprint density at radius 2 is 1.93 bits per heavy atom. The van der Waals surface area contributed by atoms with Crippen molar-refractivity contribution in [1.82, 2.24) is 14.9 Å². The number of halogens is 1. The summed E-state index contributed by atoms with van der Waals surface area (Å²) in [4.78, 5) is 12.1. The summed E-state index contributed by atoms with van der Waals surface area (Å²) in [6.45, 7) is 4.07.